The van der Waals surface area contributed by atoms with Crippen LogP contribution in [0.4, 0.5) is 15.2 Å². The molecule has 3 N–H and O–H groups in total. The highest BCUT2D eigenvalue weighted by Crippen LogP contribution is 2.25. The molecule has 0 radical (unpaired) electrons. The van der Waals surface area contributed by atoms with Gasteiger partial charge in [0, 0.05) is 17.5 Å². The van der Waals surface area contributed by atoms with Crippen molar-refractivity contribution in [3.05, 3.63) is 41.2 Å². The number of nitrogens with one attached hydrogen (secondary N) is 1. The number of carbonyl (C=O) groups is 2. The summed E-state index contributed by atoms with van der Waals surface area (Å²) in [6, 6.07) is 4.65. The van der Waals surface area contributed by atoms with Crippen molar-refractivity contribution in [1.29, 1.82) is 0 Å². The van der Waals surface area contributed by atoms with Gasteiger partial charge in [-0.25, -0.2) is 9.37 Å². The molecule has 0 fully saturated rings. The first-order valence-corrected chi connectivity index (χ1v) is 7.91. The van der Waals surface area contributed by atoms with Crippen LogP contribution in [0.1, 0.15) is 11.3 Å². The van der Waals surface area contributed by atoms with E-state index in [-0.39, 0.29) is 12.1 Å². The van der Waals surface area contributed by atoms with Crippen LogP contribution in [0.25, 0.3) is 0 Å². The van der Waals surface area contributed by atoms with Gasteiger partial charge in [-0.3, -0.25) is 19.9 Å². The molecule has 1 atom stereocenters. The molecule has 2 heterocycles. The zero-order chi connectivity index (χ0) is 17.3. The predicted molar refractivity (Wildman–Crippen MR) is 89.4 cm³/mol. The van der Waals surface area contributed by atoms with Crippen molar-refractivity contribution >= 4 is 39.7 Å². The summed E-state index contributed by atoms with van der Waals surface area (Å²) in [4.78, 5) is 29.0. The fourth-order valence-corrected chi connectivity index (χ4v) is 2.94. The van der Waals surface area contributed by atoms with Gasteiger partial charge in [-0.15, -0.1) is 11.3 Å². The number of amides is 2. The van der Waals surface area contributed by atoms with Crippen molar-refractivity contribution in [2.75, 3.05) is 10.3 Å². The van der Waals surface area contributed by atoms with Gasteiger partial charge in [0.1, 0.15) is 17.6 Å². The average molecular weight is 347 g/mol. The van der Waals surface area contributed by atoms with E-state index in [0.717, 1.165) is 4.88 Å². The summed E-state index contributed by atoms with van der Waals surface area (Å²) in [7, 11) is 0. The maximum Gasteiger partial charge on any atom is 0.273 e. The van der Waals surface area contributed by atoms with Gasteiger partial charge < -0.3 is 5.73 Å². The summed E-state index contributed by atoms with van der Waals surface area (Å²) >= 11 is 1.34. The molecule has 7 nitrogen and oxygen atoms in total. The second kappa shape index (κ2) is 6.36. The standard InChI is InChI=1S/C15H14FN5O2S/c1-8-7-18-15(24-8)19-14(23)11-6-12(13(17)22)21(20-11)10-4-2-9(16)3-5-10/h2-5,7,12H,6H2,1H3,(H2,17,22)(H,18,19,23)/t12-/m1/s1. The van der Waals surface area contributed by atoms with Crippen LogP contribution in [0.15, 0.2) is 35.6 Å². The summed E-state index contributed by atoms with van der Waals surface area (Å²) in [5.41, 5.74) is 6.05. The number of hydrogen-bond donors (Lipinski definition) is 2. The first kappa shape index (κ1) is 16.1. The highest BCUT2D eigenvalue weighted by Gasteiger charge is 2.35. The molecule has 9 heteroatoms. The summed E-state index contributed by atoms with van der Waals surface area (Å²) in [5, 5.41) is 8.62. The Kier molecular flexibility index (Phi) is 4.26. The predicted octanol–water partition coefficient (Wildman–Crippen LogP) is 1.65. The Labute approximate surface area is 141 Å². The van der Waals surface area contributed by atoms with E-state index in [1.54, 1.807) is 6.20 Å². The number of carbonyl (C=O) groups excluding carboxylic acids is 2. The fourth-order valence-electron chi connectivity index (χ4n) is 2.28. The smallest absolute Gasteiger partial charge is 0.273 e. The topological polar surface area (TPSA) is 101 Å². The van der Waals surface area contributed by atoms with Crippen LogP contribution in [0, 0.1) is 12.7 Å². The Morgan fingerprint density at radius 2 is 2.08 bits per heavy atom. The maximum atomic E-state index is 13.1. The number of nitrogens with two attached hydrogens (primary N) is 1. The second-order valence-electron chi connectivity index (χ2n) is 5.22. The van der Waals surface area contributed by atoms with Crippen LogP contribution in [0.3, 0.4) is 0 Å². The summed E-state index contributed by atoms with van der Waals surface area (Å²) in [5.74, 6) is -1.47. The fraction of sp³-hybridized carbons (Fsp3) is 0.200. The summed E-state index contributed by atoms with van der Waals surface area (Å²) in [6.45, 7) is 1.87. The lowest BCUT2D eigenvalue weighted by molar-refractivity contribution is -0.119. The molecule has 124 valence electrons. The van der Waals surface area contributed by atoms with Gasteiger partial charge in [0.25, 0.3) is 5.91 Å². The number of benzene rings is 1. The van der Waals surface area contributed by atoms with Crippen LogP contribution in [-0.4, -0.2) is 28.6 Å². The van der Waals surface area contributed by atoms with Crippen molar-refractivity contribution in [1.82, 2.24) is 4.98 Å². The van der Waals surface area contributed by atoms with Gasteiger partial charge in [0.05, 0.1) is 5.69 Å². The summed E-state index contributed by atoms with van der Waals surface area (Å²) < 4.78 is 13.1. The molecule has 3 rings (SSSR count). The number of thiazole rings is 1. The van der Waals surface area contributed by atoms with Crippen LogP contribution < -0.4 is 16.1 Å². The van der Waals surface area contributed by atoms with Crippen LogP contribution in [-0.2, 0) is 9.59 Å². The zero-order valence-corrected chi connectivity index (χ0v) is 13.5. The minimum absolute atomic E-state index is 0.0723. The monoisotopic (exact) mass is 347 g/mol. The molecule has 1 aromatic carbocycles. The highest BCUT2D eigenvalue weighted by molar-refractivity contribution is 7.15. The molecule has 0 saturated carbocycles. The molecule has 0 saturated heterocycles. The molecule has 0 aliphatic carbocycles. The first-order valence-electron chi connectivity index (χ1n) is 7.09. The number of hydrazone groups is 1. The molecular weight excluding hydrogens is 333 g/mol. The van der Waals surface area contributed by atoms with E-state index in [0.29, 0.717) is 10.8 Å². The van der Waals surface area contributed by atoms with Gasteiger partial charge in [0.2, 0.25) is 5.91 Å². The third kappa shape index (κ3) is 3.25. The number of primary amides is 1. The second-order valence-corrected chi connectivity index (χ2v) is 6.45. The Bertz CT molecular complexity index is 818. The molecule has 2 aromatic rings. The lowest BCUT2D eigenvalue weighted by Crippen LogP contribution is -2.39. The highest BCUT2D eigenvalue weighted by atomic mass is 32.1. The number of anilines is 2. The molecule has 0 unspecified atom stereocenters. The molecule has 0 bridgehead atoms. The van der Waals surface area contributed by atoms with E-state index < -0.39 is 23.7 Å². The van der Waals surface area contributed by atoms with Gasteiger partial charge in [-0.2, -0.15) is 5.10 Å². The molecule has 2 amide bonds. The van der Waals surface area contributed by atoms with Gasteiger partial charge in [0.15, 0.2) is 5.13 Å². The van der Waals surface area contributed by atoms with E-state index in [1.807, 2.05) is 6.92 Å². The van der Waals surface area contributed by atoms with Crippen LogP contribution in [0.2, 0.25) is 0 Å². The SMILES string of the molecule is Cc1cnc(NC(=O)C2=NN(c3ccc(F)cc3)[C@@H](C(N)=O)C2)s1. The Morgan fingerprint density at radius 3 is 2.67 bits per heavy atom. The van der Waals surface area contributed by atoms with Gasteiger partial charge >= 0.3 is 0 Å². The Morgan fingerprint density at radius 1 is 1.38 bits per heavy atom. The lowest BCUT2D eigenvalue weighted by atomic mass is 10.1. The van der Waals surface area contributed by atoms with Gasteiger partial charge in [-0.05, 0) is 31.2 Å². The number of nitrogens with zero attached hydrogens (tertiary/aromatic N) is 3. The van der Waals surface area contributed by atoms with E-state index >= 15 is 0 Å². The van der Waals surface area contributed by atoms with Crippen molar-refractivity contribution < 1.29 is 14.0 Å². The van der Waals surface area contributed by atoms with Crippen LogP contribution >= 0.6 is 11.3 Å². The Balaban J connectivity index is 1.83. The third-order valence-corrected chi connectivity index (χ3v) is 4.26. The van der Waals surface area contributed by atoms with E-state index in [4.69, 9.17) is 5.73 Å². The zero-order valence-electron chi connectivity index (χ0n) is 12.7. The quantitative estimate of drug-likeness (QED) is 0.878. The van der Waals surface area contributed by atoms with E-state index in [2.05, 4.69) is 15.4 Å². The molecular formula is C15H14FN5O2S. The summed E-state index contributed by atoms with van der Waals surface area (Å²) in [6.07, 6.45) is 1.72. The number of halogens is 1. The average Bonchev–Trinajstić information content (AvgIpc) is 3.15. The van der Waals surface area contributed by atoms with Crippen LogP contribution in [0.5, 0.6) is 0 Å². The third-order valence-electron chi connectivity index (χ3n) is 3.43. The minimum atomic E-state index is -0.797. The molecule has 1 aliphatic rings. The number of hydrogen-bond acceptors (Lipinski definition) is 6. The number of aromatic nitrogens is 1. The normalized spacial score (nSPS) is 16.8. The van der Waals surface area contributed by atoms with E-state index in [9.17, 15) is 14.0 Å². The van der Waals surface area contributed by atoms with Gasteiger partial charge in [-0.1, -0.05) is 0 Å². The molecule has 0 spiro atoms. The number of aryl methyl sites for hydroxylation is 1. The van der Waals surface area contributed by atoms with Crippen molar-refractivity contribution in [3.8, 4) is 0 Å². The van der Waals surface area contributed by atoms with E-state index in [1.165, 1.54) is 40.6 Å². The number of rotatable bonds is 4. The lowest BCUT2D eigenvalue weighted by Gasteiger charge is -2.20. The first-order chi connectivity index (χ1) is 11.4. The molecule has 24 heavy (non-hydrogen) atoms. The largest absolute Gasteiger partial charge is 0.368 e. The van der Waals surface area contributed by atoms with Crippen molar-refractivity contribution in [2.45, 2.75) is 19.4 Å². The van der Waals surface area contributed by atoms with Crippen molar-refractivity contribution in [2.24, 2.45) is 10.8 Å². The molecule has 1 aliphatic heterocycles. The Hall–Kier alpha value is -2.81. The molecule has 1 aromatic heterocycles. The maximum absolute atomic E-state index is 13.1. The minimum Gasteiger partial charge on any atom is -0.368 e. The van der Waals surface area contributed by atoms with Crippen molar-refractivity contribution in [3.63, 3.8) is 0 Å².